The molecule has 0 aliphatic carbocycles. The molecule has 1 aliphatic rings. The maximum Gasteiger partial charge on any atom is 0.234 e. The van der Waals surface area contributed by atoms with Gasteiger partial charge >= 0.3 is 0 Å². The van der Waals surface area contributed by atoms with Gasteiger partial charge in [0.25, 0.3) is 0 Å². The van der Waals surface area contributed by atoms with E-state index in [2.05, 4.69) is 35.6 Å². The number of carbonyl (C=O) groups is 1. The highest BCUT2D eigenvalue weighted by Gasteiger charge is 2.26. The van der Waals surface area contributed by atoms with E-state index in [0.29, 0.717) is 17.8 Å². The molecule has 1 unspecified atom stereocenters. The van der Waals surface area contributed by atoms with Gasteiger partial charge < -0.3 is 10.2 Å². The fourth-order valence-corrected chi connectivity index (χ4v) is 3.12. The van der Waals surface area contributed by atoms with Gasteiger partial charge in [-0.1, -0.05) is 0 Å². The number of nitriles is 1. The Kier molecular flexibility index (Phi) is 3.42. The van der Waals surface area contributed by atoms with Crippen molar-refractivity contribution >= 4 is 33.7 Å². The molecule has 9 heteroatoms. The maximum absolute atomic E-state index is 11.6. The molecule has 120 valence electrons. The summed E-state index contributed by atoms with van der Waals surface area (Å²) in [4.78, 5) is 18.0. The van der Waals surface area contributed by atoms with Crippen LogP contribution >= 0.6 is 0 Å². The van der Waals surface area contributed by atoms with Crippen LogP contribution in [0, 0.1) is 11.3 Å². The Hall–Kier alpha value is -3.28. The van der Waals surface area contributed by atoms with Gasteiger partial charge in [0, 0.05) is 30.7 Å². The van der Waals surface area contributed by atoms with Crippen molar-refractivity contribution < 1.29 is 4.79 Å². The van der Waals surface area contributed by atoms with Crippen LogP contribution < -0.4 is 10.2 Å². The van der Waals surface area contributed by atoms with Crippen molar-refractivity contribution in [2.75, 3.05) is 18.0 Å². The topological polar surface area (TPSA) is 123 Å². The first-order valence-corrected chi connectivity index (χ1v) is 7.62. The number of amides is 1. The number of aromatic nitrogens is 5. The zero-order chi connectivity index (χ0) is 16.5. The fraction of sp³-hybridized carbons (Fsp3) is 0.333. The summed E-state index contributed by atoms with van der Waals surface area (Å²) in [6.07, 6.45) is 4.17. The van der Waals surface area contributed by atoms with Crippen LogP contribution in [0.5, 0.6) is 0 Å². The standard InChI is InChI=1S/C15H14N8O/c16-4-1-12(24)19-9-3-6-23(8-9)11-7-18-20-15-13(11)10-2-5-17-14(10)21-22-15/h2,5,7,9H,1,3,6,8H2,(H,19,24)(H,20,22). The highest BCUT2D eigenvalue weighted by Crippen LogP contribution is 2.31. The highest BCUT2D eigenvalue weighted by molar-refractivity contribution is 6.08. The summed E-state index contributed by atoms with van der Waals surface area (Å²) in [6, 6.07) is 3.79. The summed E-state index contributed by atoms with van der Waals surface area (Å²) >= 11 is 0. The molecular weight excluding hydrogens is 308 g/mol. The summed E-state index contributed by atoms with van der Waals surface area (Å²) < 4.78 is 0. The molecule has 3 aromatic rings. The molecule has 3 aromatic heterocycles. The molecule has 1 saturated heterocycles. The first-order chi connectivity index (χ1) is 11.8. The van der Waals surface area contributed by atoms with Crippen molar-refractivity contribution in [2.24, 2.45) is 0 Å². The minimum absolute atomic E-state index is 0.0214. The van der Waals surface area contributed by atoms with Gasteiger partial charge in [0.05, 0.1) is 23.3 Å². The zero-order valence-electron chi connectivity index (χ0n) is 12.7. The molecule has 0 saturated carbocycles. The van der Waals surface area contributed by atoms with Gasteiger partial charge in [-0.25, -0.2) is 4.98 Å². The Bertz CT molecular complexity index is 959. The number of rotatable bonds is 3. The fourth-order valence-electron chi connectivity index (χ4n) is 3.12. The van der Waals surface area contributed by atoms with Crippen LogP contribution in [0.15, 0.2) is 18.5 Å². The average Bonchev–Trinajstić information content (AvgIpc) is 3.23. The van der Waals surface area contributed by atoms with Gasteiger partial charge in [-0.2, -0.15) is 10.4 Å². The third kappa shape index (κ3) is 2.38. The largest absolute Gasteiger partial charge is 0.367 e. The molecule has 1 aliphatic heterocycles. The van der Waals surface area contributed by atoms with E-state index < -0.39 is 0 Å². The Labute approximate surface area is 136 Å². The monoisotopic (exact) mass is 322 g/mol. The summed E-state index contributed by atoms with van der Waals surface area (Å²) in [6.45, 7) is 1.45. The van der Waals surface area contributed by atoms with Crippen LogP contribution in [0.4, 0.5) is 5.69 Å². The number of hydrogen-bond donors (Lipinski definition) is 2. The molecule has 24 heavy (non-hydrogen) atoms. The molecule has 4 heterocycles. The van der Waals surface area contributed by atoms with E-state index in [9.17, 15) is 4.79 Å². The Balaban J connectivity index is 1.67. The summed E-state index contributed by atoms with van der Waals surface area (Å²) in [5.41, 5.74) is 2.14. The van der Waals surface area contributed by atoms with Gasteiger partial charge in [0.2, 0.25) is 5.91 Å². The van der Waals surface area contributed by atoms with E-state index in [1.165, 1.54) is 0 Å². The third-order valence-corrected chi connectivity index (χ3v) is 4.18. The third-order valence-electron chi connectivity index (χ3n) is 4.18. The second kappa shape index (κ2) is 5.73. The minimum Gasteiger partial charge on any atom is -0.367 e. The molecule has 1 amide bonds. The van der Waals surface area contributed by atoms with Gasteiger partial charge in [0.15, 0.2) is 11.3 Å². The molecule has 0 bridgehead atoms. The van der Waals surface area contributed by atoms with Crippen molar-refractivity contribution in [1.29, 1.82) is 5.26 Å². The molecule has 0 aromatic carbocycles. The molecule has 0 radical (unpaired) electrons. The summed E-state index contributed by atoms with van der Waals surface area (Å²) in [5.74, 6) is -0.234. The second-order valence-electron chi connectivity index (χ2n) is 5.69. The number of hydrogen-bond acceptors (Lipinski definition) is 7. The Morgan fingerprint density at radius 1 is 1.50 bits per heavy atom. The van der Waals surface area contributed by atoms with Crippen molar-refractivity contribution in [2.45, 2.75) is 18.9 Å². The highest BCUT2D eigenvalue weighted by atomic mass is 16.1. The van der Waals surface area contributed by atoms with Crippen LogP contribution in [0.2, 0.25) is 0 Å². The smallest absolute Gasteiger partial charge is 0.234 e. The zero-order valence-corrected chi connectivity index (χ0v) is 12.7. The first kappa shape index (κ1) is 14.3. The number of nitrogens with one attached hydrogen (secondary N) is 2. The maximum atomic E-state index is 11.6. The number of nitrogens with zero attached hydrogens (tertiary/aromatic N) is 6. The number of anilines is 1. The van der Waals surface area contributed by atoms with E-state index >= 15 is 0 Å². The average molecular weight is 322 g/mol. The van der Waals surface area contributed by atoms with Crippen molar-refractivity contribution in [3.63, 3.8) is 0 Å². The van der Waals surface area contributed by atoms with Gasteiger partial charge in [0.1, 0.15) is 6.42 Å². The van der Waals surface area contributed by atoms with E-state index in [0.717, 1.165) is 29.4 Å². The Morgan fingerprint density at radius 3 is 3.29 bits per heavy atom. The van der Waals surface area contributed by atoms with Crippen LogP contribution in [0.1, 0.15) is 12.8 Å². The number of H-pyrrole nitrogens is 1. The van der Waals surface area contributed by atoms with Crippen molar-refractivity contribution in [3.8, 4) is 6.07 Å². The van der Waals surface area contributed by atoms with E-state index in [1.54, 1.807) is 12.4 Å². The lowest BCUT2D eigenvalue weighted by molar-refractivity contribution is -0.120. The van der Waals surface area contributed by atoms with Crippen LogP contribution in [0.3, 0.4) is 0 Å². The lowest BCUT2D eigenvalue weighted by atomic mass is 10.2. The molecule has 4 rings (SSSR count). The number of aromatic amines is 1. The lowest BCUT2D eigenvalue weighted by Crippen LogP contribution is -2.36. The molecular formula is C15H14N8O. The summed E-state index contributed by atoms with van der Waals surface area (Å²) in [5, 5.41) is 28.6. The van der Waals surface area contributed by atoms with E-state index in [1.807, 2.05) is 12.1 Å². The molecule has 1 fully saturated rings. The van der Waals surface area contributed by atoms with Crippen molar-refractivity contribution in [1.82, 2.24) is 30.7 Å². The quantitative estimate of drug-likeness (QED) is 0.720. The number of carbonyl (C=O) groups excluding carboxylic acids is 1. The van der Waals surface area contributed by atoms with Crippen LogP contribution in [-0.4, -0.2) is 50.4 Å². The minimum atomic E-state index is -0.234. The van der Waals surface area contributed by atoms with Crippen molar-refractivity contribution in [3.05, 3.63) is 18.5 Å². The predicted octanol–water partition coefficient (Wildman–Crippen LogP) is 0.510. The SMILES string of the molecule is N#CCC(=O)NC1CCN(c2cn[nH]c3nnc4nccc4c23)C1. The molecule has 1 atom stereocenters. The van der Waals surface area contributed by atoms with Crippen LogP contribution in [0.25, 0.3) is 22.1 Å². The van der Waals surface area contributed by atoms with Gasteiger partial charge in [-0.3, -0.25) is 9.89 Å². The van der Waals surface area contributed by atoms with Gasteiger partial charge in [-0.15, -0.1) is 10.2 Å². The second-order valence-corrected chi connectivity index (χ2v) is 5.69. The predicted molar refractivity (Wildman–Crippen MR) is 86.0 cm³/mol. The van der Waals surface area contributed by atoms with E-state index in [-0.39, 0.29) is 18.4 Å². The summed E-state index contributed by atoms with van der Waals surface area (Å²) in [7, 11) is 0. The molecule has 2 N–H and O–H groups in total. The van der Waals surface area contributed by atoms with Gasteiger partial charge in [-0.05, 0) is 12.5 Å². The molecule has 9 nitrogen and oxygen atoms in total. The first-order valence-electron chi connectivity index (χ1n) is 7.62. The lowest BCUT2D eigenvalue weighted by Gasteiger charge is -2.20. The number of fused-ring (bicyclic) bond motifs is 3. The van der Waals surface area contributed by atoms with Crippen LogP contribution in [-0.2, 0) is 4.79 Å². The van der Waals surface area contributed by atoms with E-state index in [4.69, 9.17) is 5.26 Å². The Morgan fingerprint density at radius 2 is 2.42 bits per heavy atom. The molecule has 0 spiro atoms. The normalized spacial score (nSPS) is 17.3.